The number of esters is 1. The average molecular weight is 447 g/mol. The average Bonchev–Trinajstić information content (AvgIpc) is 2.78. The van der Waals surface area contributed by atoms with Gasteiger partial charge in [0.05, 0.1) is 16.7 Å². The van der Waals surface area contributed by atoms with Gasteiger partial charge in [-0.15, -0.1) is 0 Å². The molecule has 168 valence electrons. The smallest absolute Gasteiger partial charge is 0.343 e. The zero-order valence-corrected chi connectivity index (χ0v) is 18.0. The summed E-state index contributed by atoms with van der Waals surface area (Å²) in [5.41, 5.74) is 4.58. The first-order chi connectivity index (χ1) is 15.8. The maximum Gasteiger partial charge on any atom is 0.343 e. The number of nitro groups is 1. The number of hydrogen-bond acceptors (Lipinski definition) is 7. The van der Waals surface area contributed by atoms with Crippen LogP contribution in [0.2, 0.25) is 0 Å². The fourth-order valence-electron chi connectivity index (χ4n) is 2.84. The summed E-state index contributed by atoms with van der Waals surface area (Å²) < 4.78 is 10.7. The molecule has 3 rings (SSSR count). The number of hydrogen-bond donors (Lipinski definition) is 1. The van der Waals surface area contributed by atoms with E-state index in [2.05, 4.69) is 10.5 Å². The minimum atomic E-state index is -0.629. The predicted octanol–water partition coefficient (Wildman–Crippen LogP) is 3.96. The van der Waals surface area contributed by atoms with E-state index in [1.807, 2.05) is 25.1 Å². The SMILES string of the molecule is Cc1cccc(OCC(=O)N/N=C/c2ccc(OC(=O)c3ccc([N+](=O)[O-])c(C)c3)cc2)c1. The van der Waals surface area contributed by atoms with Gasteiger partial charge < -0.3 is 9.47 Å². The van der Waals surface area contributed by atoms with Gasteiger partial charge in [0, 0.05) is 11.6 Å². The third-order valence-electron chi connectivity index (χ3n) is 4.48. The maximum atomic E-state index is 12.3. The van der Waals surface area contributed by atoms with Crippen LogP contribution in [0.15, 0.2) is 71.8 Å². The Morgan fingerprint density at radius 2 is 1.79 bits per heavy atom. The highest BCUT2D eigenvalue weighted by Gasteiger charge is 2.15. The van der Waals surface area contributed by atoms with Crippen molar-refractivity contribution < 1.29 is 24.0 Å². The quantitative estimate of drug-likeness (QED) is 0.183. The summed E-state index contributed by atoms with van der Waals surface area (Å²) in [7, 11) is 0. The van der Waals surface area contributed by atoms with Crippen molar-refractivity contribution in [2.24, 2.45) is 5.10 Å². The van der Waals surface area contributed by atoms with E-state index < -0.39 is 16.8 Å². The highest BCUT2D eigenvalue weighted by atomic mass is 16.6. The number of rotatable bonds is 8. The Labute approximate surface area is 189 Å². The van der Waals surface area contributed by atoms with Crippen molar-refractivity contribution >= 4 is 23.8 Å². The summed E-state index contributed by atoms with van der Waals surface area (Å²) in [5.74, 6) is -0.140. The second kappa shape index (κ2) is 10.7. The van der Waals surface area contributed by atoms with Crippen LogP contribution < -0.4 is 14.9 Å². The number of carbonyl (C=O) groups excluding carboxylic acids is 2. The van der Waals surface area contributed by atoms with Gasteiger partial charge in [0.25, 0.3) is 11.6 Å². The Kier molecular flexibility index (Phi) is 7.48. The van der Waals surface area contributed by atoms with E-state index in [1.165, 1.54) is 24.4 Å². The van der Waals surface area contributed by atoms with Crippen LogP contribution in [-0.2, 0) is 4.79 Å². The lowest BCUT2D eigenvalue weighted by atomic mass is 10.1. The predicted molar refractivity (Wildman–Crippen MR) is 122 cm³/mol. The van der Waals surface area contributed by atoms with Crippen LogP contribution in [0.25, 0.3) is 0 Å². The Morgan fingerprint density at radius 1 is 1.03 bits per heavy atom. The van der Waals surface area contributed by atoms with Crippen molar-refractivity contribution in [3.63, 3.8) is 0 Å². The second-order valence-electron chi connectivity index (χ2n) is 7.12. The largest absolute Gasteiger partial charge is 0.484 e. The van der Waals surface area contributed by atoms with Crippen molar-refractivity contribution in [3.05, 3.63) is 99.1 Å². The van der Waals surface area contributed by atoms with Gasteiger partial charge in [-0.3, -0.25) is 14.9 Å². The van der Waals surface area contributed by atoms with Gasteiger partial charge in [-0.2, -0.15) is 5.10 Å². The van der Waals surface area contributed by atoms with Crippen LogP contribution in [-0.4, -0.2) is 29.6 Å². The molecule has 1 amide bonds. The molecule has 0 fully saturated rings. The number of nitro benzene ring substituents is 1. The molecule has 0 aromatic heterocycles. The molecular weight excluding hydrogens is 426 g/mol. The number of hydrazone groups is 1. The van der Waals surface area contributed by atoms with Gasteiger partial charge >= 0.3 is 5.97 Å². The summed E-state index contributed by atoms with van der Waals surface area (Å²) in [6.45, 7) is 3.31. The summed E-state index contributed by atoms with van der Waals surface area (Å²) >= 11 is 0. The maximum absolute atomic E-state index is 12.3. The van der Waals surface area contributed by atoms with Crippen LogP contribution in [0.5, 0.6) is 11.5 Å². The lowest BCUT2D eigenvalue weighted by Gasteiger charge is -2.06. The minimum Gasteiger partial charge on any atom is -0.484 e. The van der Waals surface area contributed by atoms with Gasteiger partial charge in [0.15, 0.2) is 6.61 Å². The van der Waals surface area contributed by atoms with Crippen LogP contribution in [0, 0.1) is 24.0 Å². The van der Waals surface area contributed by atoms with Gasteiger partial charge in [-0.25, -0.2) is 10.2 Å². The lowest BCUT2D eigenvalue weighted by Crippen LogP contribution is -2.24. The van der Waals surface area contributed by atoms with E-state index in [-0.39, 0.29) is 17.9 Å². The molecule has 0 saturated heterocycles. The van der Waals surface area contributed by atoms with Crippen molar-refractivity contribution in [2.75, 3.05) is 6.61 Å². The Bertz CT molecular complexity index is 1210. The molecule has 0 aliphatic carbocycles. The van der Waals surface area contributed by atoms with E-state index in [1.54, 1.807) is 37.3 Å². The Hall–Kier alpha value is -4.53. The zero-order valence-electron chi connectivity index (χ0n) is 18.0. The molecule has 0 aliphatic heterocycles. The number of amides is 1. The number of carbonyl (C=O) groups is 2. The van der Waals surface area contributed by atoms with Gasteiger partial charge in [-0.05, 0) is 73.5 Å². The van der Waals surface area contributed by atoms with E-state index in [4.69, 9.17) is 9.47 Å². The monoisotopic (exact) mass is 447 g/mol. The first kappa shape index (κ1) is 23.1. The summed E-state index contributed by atoms with van der Waals surface area (Å²) in [4.78, 5) is 34.5. The molecule has 0 unspecified atom stereocenters. The molecule has 9 heteroatoms. The Balaban J connectivity index is 1.49. The van der Waals surface area contributed by atoms with Gasteiger partial charge in [-0.1, -0.05) is 12.1 Å². The number of nitrogens with one attached hydrogen (secondary N) is 1. The van der Waals surface area contributed by atoms with Crippen LogP contribution in [0.3, 0.4) is 0 Å². The molecule has 0 radical (unpaired) electrons. The first-order valence-electron chi connectivity index (χ1n) is 9.90. The van der Waals surface area contributed by atoms with E-state index >= 15 is 0 Å². The molecule has 0 spiro atoms. The van der Waals surface area contributed by atoms with Crippen LogP contribution in [0.1, 0.15) is 27.0 Å². The van der Waals surface area contributed by atoms with Gasteiger partial charge in [0.1, 0.15) is 11.5 Å². The fourth-order valence-corrected chi connectivity index (χ4v) is 2.84. The molecule has 33 heavy (non-hydrogen) atoms. The molecule has 3 aromatic rings. The molecule has 9 nitrogen and oxygen atoms in total. The number of nitrogens with zero attached hydrogens (tertiary/aromatic N) is 2. The molecule has 0 aliphatic rings. The standard InChI is InChI=1S/C24H21N3O6/c1-16-4-3-5-21(12-16)32-15-23(28)26-25-14-18-6-9-20(10-7-18)33-24(29)19-8-11-22(27(30)31)17(2)13-19/h3-14H,15H2,1-2H3,(H,26,28)/b25-14+. The highest BCUT2D eigenvalue weighted by Crippen LogP contribution is 2.20. The molecule has 0 bridgehead atoms. The third-order valence-corrected chi connectivity index (χ3v) is 4.48. The fraction of sp³-hybridized carbons (Fsp3) is 0.125. The molecule has 0 heterocycles. The van der Waals surface area contributed by atoms with Crippen molar-refractivity contribution in [2.45, 2.75) is 13.8 Å². The van der Waals surface area contributed by atoms with E-state index in [0.29, 0.717) is 22.6 Å². The second-order valence-corrected chi connectivity index (χ2v) is 7.12. The number of aryl methyl sites for hydroxylation is 2. The normalized spacial score (nSPS) is 10.6. The summed E-state index contributed by atoms with van der Waals surface area (Å²) in [6.07, 6.45) is 1.44. The Morgan fingerprint density at radius 3 is 2.45 bits per heavy atom. The molecule has 0 saturated carbocycles. The first-order valence-corrected chi connectivity index (χ1v) is 9.90. The van der Waals surface area contributed by atoms with Crippen molar-refractivity contribution in [3.8, 4) is 11.5 Å². The molecule has 3 aromatic carbocycles. The van der Waals surface area contributed by atoms with Crippen molar-refractivity contribution in [1.29, 1.82) is 0 Å². The van der Waals surface area contributed by atoms with Crippen LogP contribution in [0.4, 0.5) is 5.69 Å². The molecule has 1 N–H and O–H groups in total. The molecule has 0 atom stereocenters. The van der Waals surface area contributed by atoms with Crippen molar-refractivity contribution in [1.82, 2.24) is 5.43 Å². The van der Waals surface area contributed by atoms with E-state index in [9.17, 15) is 19.7 Å². The number of ether oxygens (including phenoxy) is 2. The lowest BCUT2D eigenvalue weighted by molar-refractivity contribution is -0.385. The summed E-state index contributed by atoms with van der Waals surface area (Å²) in [6, 6.07) is 17.8. The van der Waals surface area contributed by atoms with E-state index in [0.717, 1.165) is 5.56 Å². The number of benzene rings is 3. The van der Waals surface area contributed by atoms with Gasteiger partial charge in [0.2, 0.25) is 0 Å². The zero-order chi connectivity index (χ0) is 23.8. The third kappa shape index (κ3) is 6.73. The van der Waals surface area contributed by atoms with Crippen LogP contribution >= 0.6 is 0 Å². The molecular formula is C24H21N3O6. The summed E-state index contributed by atoms with van der Waals surface area (Å²) in [5, 5.41) is 14.8. The highest BCUT2D eigenvalue weighted by molar-refractivity contribution is 5.91. The minimum absolute atomic E-state index is 0.0657. The topological polar surface area (TPSA) is 120 Å².